The second-order valence-electron chi connectivity index (χ2n) is 2.89. The Labute approximate surface area is 96.4 Å². The monoisotopic (exact) mass is 273 g/mol. The molecule has 1 amide bonds. The number of aromatic nitrogens is 2. The Morgan fingerprint density at radius 1 is 1.60 bits per heavy atom. The third-order valence-corrected chi connectivity index (χ3v) is 2.24. The molecule has 0 saturated heterocycles. The van der Waals surface area contributed by atoms with E-state index in [0.717, 1.165) is 0 Å². The van der Waals surface area contributed by atoms with Crippen molar-refractivity contribution in [1.82, 2.24) is 15.3 Å². The topological polar surface area (TPSA) is 64.1 Å². The van der Waals surface area contributed by atoms with Crippen LogP contribution in [0.4, 0.5) is 0 Å². The van der Waals surface area contributed by atoms with Gasteiger partial charge < -0.3 is 10.1 Å². The Morgan fingerprint density at radius 2 is 2.27 bits per heavy atom. The molecule has 0 aliphatic heterocycles. The maximum Gasteiger partial charge on any atom is 0.254 e. The molecule has 1 heterocycles. The van der Waals surface area contributed by atoms with E-state index in [1.807, 2.05) is 0 Å². The number of carbonyl (C=O) groups is 1. The predicted molar refractivity (Wildman–Crippen MR) is 59.0 cm³/mol. The largest absolute Gasteiger partial charge is 0.383 e. The van der Waals surface area contributed by atoms with E-state index in [1.165, 1.54) is 18.7 Å². The first-order valence-corrected chi connectivity index (χ1v) is 5.32. The van der Waals surface area contributed by atoms with Crippen molar-refractivity contribution >= 4 is 21.8 Å². The van der Waals surface area contributed by atoms with Gasteiger partial charge in [0.2, 0.25) is 0 Å². The van der Waals surface area contributed by atoms with Gasteiger partial charge in [0.05, 0.1) is 17.0 Å². The number of hydrogen-bond donors (Lipinski definition) is 1. The summed E-state index contributed by atoms with van der Waals surface area (Å²) in [7, 11) is 1.61. The quantitative estimate of drug-likeness (QED) is 0.799. The number of hydrogen-bond acceptors (Lipinski definition) is 4. The van der Waals surface area contributed by atoms with Crippen LogP contribution in [0.25, 0.3) is 0 Å². The zero-order valence-corrected chi connectivity index (χ0v) is 9.90. The Balaban J connectivity index is 2.37. The maximum atomic E-state index is 11.5. The van der Waals surface area contributed by atoms with Gasteiger partial charge in [0.15, 0.2) is 0 Å². The van der Waals surface area contributed by atoms with Crippen LogP contribution in [0.15, 0.2) is 18.7 Å². The van der Waals surface area contributed by atoms with Crippen molar-refractivity contribution in [3.8, 4) is 0 Å². The summed E-state index contributed by atoms with van der Waals surface area (Å²) in [4.78, 5) is 19.1. The molecule has 0 aliphatic rings. The molecule has 5 nitrogen and oxygen atoms in total. The standard InChI is InChI=1S/C9H12BrN3O2/c1-15-5-8(10)4-13-9(14)7-2-11-6-12-3-7/h2-3,6,8H,4-5H2,1H3,(H,13,14). The highest BCUT2D eigenvalue weighted by molar-refractivity contribution is 9.09. The van der Waals surface area contributed by atoms with Crippen LogP contribution in [0, 0.1) is 0 Å². The highest BCUT2D eigenvalue weighted by Gasteiger charge is 2.08. The van der Waals surface area contributed by atoms with E-state index in [2.05, 4.69) is 31.2 Å². The molecule has 1 N–H and O–H groups in total. The minimum Gasteiger partial charge on any atom is -0.383 e. The molecular weight excluding hydrogens is 262 g/mol. The van der Waals surface area contributed by atoms with Gasteiger partial charge in [0.25, 0.3) is 5.91 Å². The van der Waals surface area contributed by atoms with E-state index >= 15 is 0 Å². The van der Waals surface area contributed by atoms with Gasteiger partial charge in [-0.1, -0.05) is 15.9 Å². The number of halogens is 1. The number of alkyl halides is 1. The summed E-state index contributed by atoms with van der Waals surface area (Å²) in [6.07, 6.45) is 4.33. The van der Waals surface area contributed by atoms with Crippen LogP contribution in [-0.2, 0) is 4.74 Å². The van der Waals surface area contributed by atoms with Gasteiger partial charge in [0, 0.05) is 26.0 Å². The van der Waals surface area contributed by atoms with Gasteiger partial charge >= 0.3 is 0 Å². The molecule has 1 rings (SSSR count). The van der Waals surface area contributed by atoms with Crippen molar-refractivity contribution in [2.24, 2.45) is 0 Å². The van der Waals surface area contributed by atoms with E-state index in [1.54, 1.807) is 7.11 Å². The van der Waals surface area contributed by atoms with Crippen molar-refractivity contribution < 1.29 is 9.53 Å². The van der Waals surface area contributed by atoms with Crippen molar-refractivity contribution in [3.63, 3.8) is 0 Å². The normalized spacial score (nSPS) is 12.1. The molecule has 82 valence electrons. The van der Waals surface area contributed by atoms with Gasteiger partial charge in [-0.05, 0) is 0 Å². The van der Waals surface area contributed by atoms with Crippen LogP contribution in [0.5, 0.6) is 0 Å². The molecule has 0 aliphatic carbocycles. The number of rotatable bonds is 5. The summed E-state index contributed by atoms with van der Waals surface area (Å²) in [6, 6.07) is 0. The Hall–Kier alpha value is -1.01. The number of amides is 1. The summed E-state index contributed by atoms with van der Waals surface area (Å²) < 4.78 is 4.92. The SMILES string of the molecule is COCC(Br)CNC(=O)c1cncnc1. The fourth-order valence-corrected chi connectivity index (χ4v) is 1.39. The second kappa shape index (κ2) is 6.47. The lowest BCUT2D eigenvalue weighted by Crippen LogP contribution is -2.31. The lowest BCUT2D eigenvalue weighted by atomic mass is 10.3. The van der Waals surface area contributed by atoms with Crippen LogP contribution in [0.2, 0.25) is 0 Å². The van der Waals surface area contributed by atoms with Gasteiger partial charge in [-0.25, -0.2) is 9.97 Å². The van der Waals surface area contributed by atoms with Crippen LogP contribution in [0.3, 0.4) is 0 Å². The number of methoxy groups -OCH3 is 1. The Morgan fingerprint density at radius 3 is 2.87 bits per heavy atom. The zero-order chi connectivity index (χ0) is 11.1. The van der Waals surface area contributed by atoms with Crippen molar-refractivity contribution in [3.05, 3.63) is 24.3 Å². The molecule has 0 radical (unpaired) electrons. The highest BCUT2D eigenvalue weighted by atomic mass is 79.9. The molecule has 0 bridgehead atoms. The van der Waals surface area contributed by atoms with Gasteiger partial charge in [-0.2, -0.15) is 0 Å². The first-order chi connectivity index (χ1) is 7.24. The molecule has 1 unspecified atom stereocenters. The summed E-state index contributed by atoms with van der Waals surface area (Å²) in [5.41, 5.74) is 0.453. The molecule has 1 atom stereocenters. The predicted octanol–water partition coefficient (Wildman–Crippen LogP) is 0.616. The highest BCUT2D eigenvalue weighted by Crippen LogP contribution is 1.99. The molecule has 1 aromatic rings. The van der Waals surface area contributed by atoms with E-state index in [9.17, 15) is 4.79 Å². The number of nitrogens with zero attached hydrogens (tertiary/aromatic N) is 2. The molecule has 1 aromatic heterocycles. The Bertz CT molecular complexity index is 307. The fourth-order valence-electron chi connectivity index (χ4n) is 0.962. The summed E-state index contributed by atoms with van der Waals surface area (Å²) in [5.74, 6) is -0.184. The molecule has 6 heteroatoms. The van der Waals surface area contributed by atoms with Gasteiger partial charge in [-0.3, -0.25) is 4.79 Å². The first-order valence-electron chi connectivity index (χ1n) is 4.40. The summed E-state index contributed by atoms with van der Waals surface area (Å²) in [5, 5.41) is 2.74. The van der Waals surface area contributed by atoms with Gasteiger partial charge in [-0.15, -0.1) is 0 Å². The van der Waals surface area contributed by atoms with Gasteiger partial charge in [0.1, 0.15) is 6.33 Å². The van der Waals surface area contributed by atoms with Crippen LogP contribution >= 0.6 is 15.9 Å². The van der Waals surface area contributed by atoms with Crippen LogP contribution in [0.1, 0.15) is 10.4 Å². The average molecular weight is 274 g/mol. The third-order valence-electron chi connectivity index (χ3n) is 1.65. The van der Waals surface area contributed by atoms with E-state index in [-0.39, 0.29) is 10.7 Å². The molecular formula is C9H12BrN3O2. The Kier molecular flexibility index (Phi) is 5.20. The summed E-state index contributed by atoms with van der Waals surface area (Å²) in [6.45, 7) is 1.05. The van der Waals surface area contributed by atoms with Crippen molar-refractivity contribution in [2.75, 3.05) is 20.3 Å². The lowest BCUT2D eigenvalue weighted by Gasteiger charge is -2.09. The zero-order valence-electron chi connectivity index (χ0n) is 8.31. The number of ether oxygens (including phenoxy) is 1. The lowest BCUT2D eigenvalue weighted by molar-refractivity contribution is 0.0949. The molecule has 15 heavy (non-hydrogen) atoms. The van der Waals surface area contributed by atoms with E-state index in [4.69, 9.17) is 4.74 Å². The van der Waals surface area contributed by atoms with E-state index in [0.29, 0.717) is 18.7 Å². The third kappa shape index (κ3) is 4.35. The fraction of sp³-hybridized carbons (Fsp3) is 0.444. The molecule has 0 spiro atoms. The number of nitrogens with one attached hydrogen (secondary N) is 1. The maximum absolute atomic E-state index is 11.5. The number of carbonyl (C=O) groups excluding carboxylic acids is 1. The second-order valence-corrected chi connectivity index (χ2v) is 4.18. The van der Waals surface area contributed by atoms with Crippen molar-refractivity contribution in [1.29, 1.82) is 0 Å². The average Bonchev–Trinajstić information content (AvgIpc) is 2.27. The molecule has 0 saturated carbocycles. The first kappa shape index (κ1) is 12.1. The molecule has 0 aromatic carbocycles. The minimum absolute atomic E-state index is 0.107. The minimum atomic E-state index is -0.184. The van der Waals surface area contributed by atoms with Crippen LogP contribution in [-0.4, -0.2) is 41.0 Å². The van der Waals surface area contributed by atoms with Crippen LogP contribution < -0.4 is 5.32 Å². The van der Waals surface area contributed by atoms with Crippen molar-refractivity contribution in [2.45, 2.75) is 4.83 Å². The summed E-state index contributed by atoms with van der Waals surface area (Å²) >= 11 is 3.37. The van der Waals surface area contributed by atoms with E-state index < -0.39 is 0 Å². The smallest absolute Gasteiger partial charge is 0.254 e. The molecule has 0 fully saturated rings.